The summed E-state index contributed by atoms with van der Waals surface area (Å²) in [5, 5.41) is 18.1. The maximum Gasteiger partial charge on any atom is 0.255 e. The normalized spacial score (nSPS) is 10.4. The Hall–Kier alpha value is -1.38. The number of benzene rings is 1. The fourth-order valence-electron chi connectivity index (χ4n) is 1.47. The summed E-state index contributed by atoms with van der Waals surface area (Å²) in [7, 11) is 0. The Labute approximate surface area is 103 Å². The van der Waals surface area contributed by atoms with Gasteiger partial charge in [0.05, 0.1) is 24.4 Å². The number of aliphatic hydroxyl groups is 1. The number of nitriles is 1. The van der Waals surface area contributed by atoms with Gasteiger partial charge in [-0.25, -0.2) is 8.78 Å². The summed E-state index contributed by atoms with van der Waals surface area (Å²) in [5.41, 5.74) is 0.567. The molecular formula is C11H11ClF2N2O. The number of hydrogen-bond acceptors (Lipinski definition) is 3. The highest BCUT2D eigenvalue weighted by molar-refractivity contribution is 6.30. The van der Waals surface area contributed by atoms with E-state index in [0.29, 0.717) is 10.7 Å². The van der Waals surface area contributed by atoms with Gasteiger partial charge in [-0.05, 0) is 18.2 Å². The van der Waals surface area contributed by atoms with Crippen LogP contribution in [0.3, 0.4) is 0 Å². The van der Waals surface area contributed by atoms with E-state index in [4.69, 9.17) is 22.0 Å². The van der Waals surface area contributed by atoms with Crippen LogP contribution < -0.4 is 4.90 Å². The number of alkyl halides is 2. The maximum atomic E-state index is 12.4. The summed E-state index contributed by atoms with van der Waals surface area (Å²) in [6.45, 7) is -0.752. The SMILES string of the molecule is N#Cc1cc(Cl)ccc1N(CCO)CC(F)F. The molecule has 0 aliphatic heterocycles. The Morgan fingerprint density at radius 2 is 2.18 bits per heavy atom. The van der Waals surface area contributed by atoms with Crippen LogP contribution in [0.1, 0.15) is 5.56 Å². The lowest BCUT2D eigenvalue weighted by atomic mass is 10.1. The molecule has 0 aliphatic carbocycles. The molecule has 0 heterocycles. The minimum Gasteiger partial charge on any atom is -0.395 e. The lowest BCUT2D eigenvalue weighted by Crippen LogP contribution is -2.32. The first-order valence-corrected chi connectivity index (χ1v) is 5.30. The fourth-order valence-corrected chi connectivity index (χ4v) is 1.64. The second-order valence-corrected chi connectivity index (χ2v) is 3.77. The molecule has 0 saturated carbocycles. The molecule has 1 rings (SSSR count). The number of rotatable bonds is 5. The molecule has 0 atom stereocenters. The summed E-state index contributed by atoms with van der Waals surface area (Å²) in [5.74, 6) is 0. The zero-order valence-corrected chi connectivity index (χ0v) is 9.66. The highest BCUT2D eigenvalue weighted by Crippen LogP contribution is 2.24. The van der Waals surface area contributed by atoms with Gasteiger partial charge in [0.25, 0.3) is 6.43 Å². The molecule has 0 saturated heterocycles. The van der Waals surface area contributed by atoms with Gasteiger partial charge < -0.3 is 10.0 Å². The number of halogens is 3. The van der Waals surface area contributed by atoms with Gasteiger partial charge in [0.1, 0.15) is 6.07 Å². The monoisotopic (exact) mass is 260 g/mol. The van der Waals surface area contributed by atoms with Crippen molar-refractivity contribution in [3.05, 3.63) is 28.8 Å². The van der Waals surface area contributed by atoms with E-state index < -0.39 is 13.0 Å². The van der Waals surface area contributed by atoms with Crippen molar-refractivity contribution in [2.75, 3.05) is 24.6 Å². The molecule has 0 spiro atoms. The Kier molecular flexibility index (Phi) is 5.13. The van der Waals surface area contributed by atoms with Gasteiger partial charge in [-0.1, -0.05) is 11.6 Å². The van der Waals surface area contributed by atoms with Crippen molar-refractivity contribution in [3.63, 3.8) is 0 Å². The molecule has 0 amide bonds. The average Bonchev–Trinajstić information content (AvgIpc) is 2.27. The van der Waals surface area contributed by atoms with Crippen LogP contribution in [0.2, 0.25) is 5.02 Å². The first-order chi connectivity index (χ1) is 8.08. The summed E-state index contributed by atoms with van der Waals surface area (Å²) >= 11 is 5.72. The molecule has 1 aromatic rings. The fraction of sp³-hybridized carbons (Fsp3) is 0.364. The zero-order valence-electron chi connectivity index (χ0n) is 8.91. The lowest BCUT2D eigenvalue weighted by molar-refractivity contribution is 0.153. The van der Waals surface area contributed by atoms with Gasteiger partial charge in [0.2, 0.25) is 0 Å². The van der Waals surface area contributed by atoms with Crippen LogP contribution in [0.5, 0.6) is 0 Å². The minimum absolute atomic E-state index is 0.0423. The summed E-state index contributed by atoms with van der Waals surface area (Å²) in [4.78, 5) is 1.26. The number of nitrogens with zero attached hydrogens (tertiary/aromatic N) is 2. The quantitative estimate of drug-likeness (QED) is 0.884. The van der Waals surface area contributed by atoms with Gasteiger partial charge in [-0.2, -0.15) is 5.26 Å². The third-order valence-corrected chi connectivity index (χ3v) is 2.38. The molecule has 17 heavy (non-hydrogen) atoms. The van der Waals surface area contributed by atoms with Gasteiger partial charge in [-0.3, -0.25) is 0 Å². The molecule has 0 fully saturated rings. The average molecular weight is 261 g/mol. The van der Waals surface area contributed by atoms with Crippen molar-refractivity contribution >= 4 is 17.3 Å². The van der Waals surface area contributed by atoms with Crippen molar-refractivity contribution in [3.8, 4) is 6.07 Å². The molecule has 1 aromatic carbocycles. The Morgan fingerprint density at radius 1 is 1.47 bits per heavy atom. The number of aliphatic hydroxyl groups excluding tert-OH is 1. The highest BCUT2D eigenvalue weighted by atomic mass is 35.5. The Morgan fingerprint density at radius 3 is 2.71 bits per heavy atom. The maximum absolute atomic E-state index is 12.4. The summed E-state index contributed by atoms with van der Waals surface area (Å²) in [6.07, 6.45) is -2.54. The summed E-state index contributed by atoms with van der Waals surface area (Å²) < 4.78 is 24.8. The molecule has 0 unspecified atom stereocenters. The van der Waals surface area contributed by atoms with E-state index in [2.05, 4.69) is 0 Å². The van der Waals surface area contributed by atoms with E-state index in [9.17, 15) is 8.78 Å². The van der Waals surface area contributed by atoms with Crippen molar-refractivity contribution < 1.29 is 13.9 Å². The molecule has 0 radical (unpaired) electrons. The largest absolute Gasteiger partial charge is 0.395 e. The number of hydrogen-bond donors (Lipinski definition) is 1. The van der Waals surface area contributed by atoms with Crippen molar-refractivity contribution in [1.82, 2.24) is 0 Å². The van der Waals surface area contributed by atoms with Crippen molar-refractivity contribution in [2.45, 2.75) is 6.43 Å². The minimum atomic E-state index is -2.54. The topological polar surface area (TPSA) is 47.3 Å². The predicted molar refractivity (Wildman–Crippen MR) is 61.5 cm³/mol. The van der Waals surface area contributed by atoms with E-state index in [1.54, 1.807) is 0 Å². The zero-order chi connectivity index (χ0) is 12.8. The third-order valence-electron chi connectivity index (χ3n) is 2.15. The van der Waals surface area contributed by atoms with Gasteiger partial charge in [0.15, 0.2) is 0 Å². The highest BCUT2D eigenvalue weighted by Gasteiger charge is 2.15. The molecule has 92 valence electrons. The molecule has 0 aromatic heterocycles. The standard InChI is InChI=1S/C11H11ClF2N2O/c12-9-1-2-10(8(5-9)6-15)16(3-4-17)7-11(13)14/h1-2,5,11,17H,3-4,7H2. The van der Waals surface area contributed by atoms with Crippen LogP contribution in [-0.2, 0) is 0 Å². The van der Waals surface area contributed by atoms with Crippen LogP contribution in [0.4, 0.5) is 14.5 Å². The van der Waals surface area contributed by atoms with Crippen LogP contribution in [-0.4, -0.2) is 31.2 Å². The number of anilines is 1. The molecule has 3 nitrogen and oxygen atoms in total. The lowest BCUT2D eigenvalue weighted by Gasteiger charge is -2.24. The smallest absolute Gasteiger partial charge is 0.255 e. The Balaban J connectivity index is 3.05. The van der Waals surface area contributed by atoms with Crippen molar-refractivity contribution in [2.24, 2.45) is 0 Å². The molecular weight excluding hydrogens is 250 g/mol. The van der Waals surface area contributed by atoms with Crippen LogP contribution in [0, 0.1) is 11.3 Å². The second-order valence-electron chi connectivity index (χ2n) is 3.33. The van der Waals surface area contributed by atoms with E-state index in [0.717, 1.165) is 0 Å². The van der Waals surface area contributed by atoms with Crippen molar-refractivity contribution in [1.29, 1.82) is 5.26 Å². The van der Waals surface area contributed by atoms with E-state index >= 15 is 0 Å². The van der Waals surface area contributed by atoms with Crippen LogP contribution in [0.15, 0.2) is 18.2 Å². The third kappa shape index (κ3) is 3.84. The predicted octanol–water partition coefficient (Wildman–Crippen LogP) is 2.28. The first-order valence-electron chi connectivity index (χ1n) is 4.92. The molecule has 1 N–H and O–H groups in total. The van der Waals surface area contributed by atoms with Gasteiger partial charge in [-0.15, -0.1) is 0 Å². The van der Waals surface area contributed by atoms with E-state index in [1.165, 1.54) is 23.1 Å². The summed E-state index contributed by atoms with van der Waals surface area (Å²) in [6, 6.07) is 6.33. The first kappa shape index (κ1) is 13.7. The van der Waals surface area contributed by atoms with Gasteiger partial charge >= 0.3 is 0 Å². The Bertz CT molecular complexity index is 420. The van der Waals surface area contributed by atoms with Crippen LogP contribution in [0.25, 0.3) is 0 Å². The van der Waals surface area contributed by atoms with Gasteiger partial charge in [0, 0.05) is 11.6 Å². The molecule has 6 heteroatoms. The van der Waals surface area contributed by atoms with E-state index in [1.807, 2.05) is 6.07 Å². The molecule has 0 bridgehead atoms. The van der Waals surface area contributed by atoms with E-state index in [-0.39, 0.29) is 18.7 Å². The molecule has 0 aliphatic rings. The second kappa shape index (κ2) is 6.38. The van der Waals surface area contributed by atoms with Crippen LogP contribution >= 0.6 is 11.6 Å².